The zero-order valence-electron chi connectivity index (χ0n) is 16.0. The molecule has 2 aromatic rings. The van der Waals surface area contributed by atoms with Crippen molar-refractivity contribution in [1.29, 1.82) is 0 Å². The second-order valence-electron chi connectivity index (χ2n) is 7.04. The number of sulfonamides is 1. The predicted molar refractivity (Wildman–Crippen MR) is 104 cm³/mol. The van der Waals surface area contributed by atoms with Crippen molar-refractivity contribution >= 4 is 21.6 Å². The molecule has 1 saturated heterocycles. The average molecular weight is 406 g/mol. The lowest BCUT2D eigenvalue weighted by Gasteiger charge is -2.34. The van der Waals surface area contributed by atoms with Crippen LogP contribution < -0.4 is 5.32 Å². The van der Waals surface area contributed by atoms with Gasteiger partial charge in [-0.3, -0.25) is 4.79 Å². The van der Waals surface area contributed by atoms with Gasteiger partial charge in [-0.1, -0.05) is 12.1 Å². The molecule has 0 saturated carbocycles. The van der Waals surface area contributed by atoms with Gasteiger partial charge in [-0.2, -0.15) is 4.31 Å². The van der Waals surface area contributed by atoms with Crippen molar-refractivity contribution in [3.05, 3.63) is 59.4 Å². The maximum Gasteiger partial charge on any atom is 0.255 e. The molecule has 2 atom stereocenters. The van der Waals surface area contributed by atoms with Crippen LogP contribution >= 0.6 is 0 Å². The molecular weight excluding hydrogens is 383 g/mol. The zero-order valence-corrected chi connectivity index (χ0v) is 16.8. The summed E-state index contributed by atoms with van der Waals surface area (Å²) in [4.78, 5) is 12.5. The Morgan fingerprint density at radius 2 is 1.82 bits per heavy atom. The molecule has 1 aliphatic rings. The van der Waals surface area contributed by atoms with Gasteiger partial charge in [0.1, 0.15) is 5.82 Å². The third-order valence-corrected chi connectivity index (χ3v) is 6.32. The number of rotatable bonds is 4. The maximum absolute atomic E-state index is 14.0. The molecule has 1 amide bonds. The van der Waals surface area contributed by atoms with Gasteiger partial charge in [0, 0.05) is 18.7 Å². The van der Waals surface area contributed by atoms with E-state index in [2.05, 4.69) is 5.32 Å². The summed E-state index contributed by atoms with van der Waals surface area (Å²) in [6, 6.07) is 10.2. The molecule has 0 bridgehead atoms. The Morgan fingerprint density at radius 1 is 1.14 bits per heavy atom. The standard InChI is InChI=1S/C20H23FN2O4S/c1-13-7-8-19(18(21)9-13)22-20(24)16-5-4-6-17(10-16)28(25,26)23-11-14(2)27-15(3)12-23/h4-10,14-15H,11-12H2,1-3H3,(H,22,24). The topological polar surface area (TPSA) is 75.7 Å². The number of ether oxygens (including phenoxy) is 1. The van der Waals surface area contributed by atoms with E-state index < -0.39 is 21.7 Å². The molecule has 8 heteroatoms. The number of anilines is 1. The van der Waals surface area contributed by atoms with Gasteiger partial charge in [-0.05, 0) is 56.7 Å². The minimum atomic E-state index is -3.77. The molecule has 150 valence electrons. The number of aryl methyl sites for hydroxylation is 1. The van der Waals surface area contributed by atoms with Crippen LogP contribution in [0.2, 0.25) is 0 Å². The van der Waals surface area contributed by atoms with E-state index >= 15 is 0 Å². The Bertz CT molecular complexity index is 983. The molecule has 6 nitrogen and oxygen atoms in total. The van der Waals surface area contributed by atoms with Crippen LogP contribution in [0, 0.1) is 12.7 Å². The molecule has 0 aromatic heterocycles. The number of morpholine rings is 1. The summed E-state index contributed by atoms with van der Waals surface area (Å²) < 4.78 is 46.9. The van der Waals surface area contributed by atoms with E-state index in [9.17, 15) is 17.6 Å². The van der Waals surface area contributed by atoms with Crippen LogP contribution in [0.25, 0.3) is 0 Å². The quantitative estimate of drug-likeness (QED) is 0.846. The maximum atomic E-state index is 14.0. The molecular formula is C20H23FN2O4S. The molecule has 28 heavy (non-hydrogen) atoms. The fourth-order valence-corrected chi connectivity index (χ4v) is 4.83. The van der Waals surface area contributed by atoms with Gasteiger partial charge in [0.2, 0.25) is 10.0 Å². The van der Waals surface area contributed by atoms with E-state index in [4.69, 9.17) is 4.74 Å². The molecule has 1 fully saturated rings. The highest BCUT2D eigenvalue weighted by Gasteiger charge is 2.32. The van der Waals surface area contributed by atoms with E-state index in [0.29, 0.717) is 0 Å². The lowest BCUT2D eigenvalue weighted by Crippen LogP contribution is -2.48. The summed E-state index contributed by atoms with van der Waals surface area (Å²) >= 11 is 0. The first kappa shape index (κ1) is 20.4. The van der Waals surface area contributed by atoms with Crippen LogP contribution in [0.15, 0.2) is 47.4 Å². The van der Waals surface area contributed by atoms with Gasteiger partial charge >= 0.3 is 0 Å². The number of carbonyl (C=O) groups excluding carboxylic acids is 1. The van der Waals surface area contributed by atoms with Gasteiger partial charge in [-0.15, -0.1) is 0 Å². The molecule has 2 aromatic carbocycles. The number of halogens is 1. The van der Waals surface area contributed by atoms with Gasteiger partial charge in [0.05, 0.1) is 22.8 Å². The Kier molecular flexibility index (Phi) is 5.83. The molecule has 1 aliphatic heterocycles. The van der Waals surface area contributed by atoms with Crippen molar-refractivity contribution in [2.24, 2.45) is 0 Å². The zero-order chi connectivity index (χ0) is 20.5. The van der Waals surface area contributed by atoms with Gasteiger partial charge < -0.3 is 10.1 Å². The van der Waals surface area contributed by atoms with Crippen LogP contribution in [-0.4, -0.2) is 43.9 Å². The average Bonchev–Trinajstić information content (AvgIpc) is 2.63. The van der Waals surface area contributed by atoms with Gasteiger partial charge in [0.25, 0.3) is 5.91 Å². The van der Waals surface area contributed by atoms with Crippen LogP contribution in [0.1, 0.15) is 29.8 Å². The van der Waals surface area contributed by atoms with Crippen molar-refractivity contribution in [3.63, 3.8) is 0 Å². The lowest BCUT2D eigenvalue weighted by atomic mass is 10.2. The smallest absolute Gasteiger partial charge is 0.255 e. The second-order valence-corrected chi connectivity index (χ2v) is 8.98. The summed E-state index contributed by atoms with van der Waals surface area (Å²) in [5.41, 5.74) is 0.910. The Labute approximate surface area is 164 Å². The summed E-state index contributed by atoms with van der Waals surface area (Å²) in [6.45, 7) is 5.88. The summed E-state index contributed by atoms with van der Waals surface area (Å²) in [5.74, 6) is -1.13. The largest absolute Gasteiger partial charge is 0.373 e. The molecule has 0 radical (unpaired) electrons. The van der Waals surface area contributed by atoms with Crippen LogP contribution in [0.5, 0.6) is 0 Å². The van der Waals surface area contributed by atoms with Crippen LogP contribution in [0.3, 0.4) is 0 Å². The Hall–Kier alpha value is -2.29. The number of hydrogen-bond donors (Lipinski definition) is 1. The molecule has 2 unspecified atom stereocenters. The number of nitrogens with zero attached hydrogens (tertiary/aromatic N) is 1. The number of amides is 1. The normalized spacial score (nSPS) is 20.7. The van der Waals surface area contributed by atoms with Crippen LogP contribution in [0.4, 0.5) is 10.1 Å². The highest BCUT2D eigenvalue weighted by atomic mass is 32.2. The number of carbonyl (C=O) groups is 1. The Morgan fingerprint density at radius 3 is 2.46 bits per heavy atom. The molecule has 1 heterocycles. The van der Waals surface area contributed by atoms with Crippen LogP contribution in [-0.2, 0) is 14.8 Å². The SMILES string of the molecule is Cc1ccc(NC(=O)c2cccc(S(=O)(=O)N3CC(C)OC(C)C3)c2)c(F)c1. The second kappa shape index (κ2) is 7.98. The van der Waals surface area contributed by atoms with E-state index in [1.807, 2.05) is 13.8 Å². The number of benzene rings is 2. The molecule has 0 spiro atoms. The Balaban J connectivity index is 1.84. The first-order valence-electron chi connectivity index (χ1n) is 9.00. The van der Waals surface area contributed by atoms with Gasteiger partial charge in [-0.25, -0.2) is 12.8 Å². The fourth-order valence-electron chi connectivity index (χ4n) is 3.19. The highest BCUT2D eigenvalue weighted by Crippen LogP contribution is 2.23. The summed E-state index contributed by atoms with van der Waals surface area (Å²) in [6.07, 6.45) is -0.427. The summed E-state index contributed by atoms with van der Waals surface area (Å²) in [5, 5.41) is 2.48. The van der Waals surface area contributed by atoms with E-state index in [-0.39, 0.29) is 41.4 Å². The minimum absolute atomic E-state index is 0.0193. The molecule has 1 N–H and O–H groups in total. The van der Waals surface area contributed by atoms with Crippen molar-refractivity contribution in [3.8, 4) is 0 Å². The van der Waals surface area contributed by atoms with Gasteiger partial charge in [0.15, 0.2) is 0 Å². The van der Waals surface area contributed by atoms with Crippen molar-refractivity contribution in [2.75, 3.05) is 18.4 Å². The third kappa shape index (κ3) is 4.40. The van der Waals surface area contributed by atoms with Crippen molar-refractivity contribution < 1.29 is 22.3 Å². The first-order chi connectivity index (χ1) is 13.2. The fraction of sp³-hybridized carbons (Fsp3) is 0.350. The molecule has 3 rings (SSSR count). The first-order valence-corrected chi connectivity index (χ1v) is 10.4. The van der Waals surface area contributed by atoms with Crippen molar-refractivity contribution in [1.82, 2.24) is 4.31 Å². The lowest BCUT2D eigenvalue weighted by molar-refractivity contribution is -0.0440. The molecule has 0 aliphatic carbocycles. The number of nitrogens with one attached hydrogen (secondary N) is 1. The van der Waals surface area contributed by atoms with E-state index in [1.165, 1.54) is 40.7 Å². The monoisotopic (exact) mass is 406 g/mol. The predicted octanol–water partition coefficient (Wildman–Crippen LogP) is 3.18. The van der Waals surface area contributed by atoms with E-state index in [1.54, 1.807) is 13.0 Å². The number of hydrogen-bond acceptors (Lipinski definition) is 4. The minimum Gasteiger partial charge on any atom is -0.373 e. The highest BCUT2D eigenvalue weighted by molar-refractivity contribution is 7.89. The van der Waals surface area contributed by atoms with E-state index in [0.717, 1.165) is 5.56 Å². The van der Waals surface area contributed by atoms with Crippen molar-refractivity contribution in [2.45, 2.75) is 37.9 Å². The third-order valence-electron chi connectivity index (χ3n) is 4.49. The summed E-state index contributed by atoms with van der Waals surface area (Å²) in [7, 11) is -3.77.